The second-order valence-corrected chi connectivity index (χ2v) is 5.96. The third-order valence-electron chi connectivity index (χ3n) is 3.81. The fraction of sp³-hybridized carbons (Fsp3) is 0.0526. The van der Waals surface area contributed by atoms with Crippen molar-refractivity contribution < 1.29 is 4.74 Å². The summed E-state index contributed by atoms with van der Waals surface area (Å²) in [6.07, 6.45) is 6.87. The number of terminal acetylenes is 1. The number of rotatable bonds is 4. The van der Waals surface area contributed by atoms with Crippen molar-refractivity contribution in [3.63, 3.8) is 0 Å². The summed E-state index contributed by atoms with van der Waals surface area (Å²) in [4.78, 5) is 23.7. The first-order chi connectivity index (χ1) is 13.2. The van der Waals surface area contributed by atoms with Crippen molar-refractivity contribution in [2.24, 2.45) is 0 Å². The normalized spacial score (nSPS) is 10.7. The van der Waals surface area contributed by atoms with E-state index in [1.54, 1.807) is 24.4 Å². The van der Waals surface area contributed by atoms with E-state index < -0.39 is 5.69 Å². The predicted molar refractivity (Wildman–Crippen MR) is 102 cm³/mol. The monoisotopic (exact) mass is 377 g/mol. The molecule has 3 aromatic heterocycles. The number of H-pyrrole nitrogens is 1. The lowest BCUT2D eigenvalue weighted by Gasteiger charge is -2.04. The number of aromatic nitrogens is 5. The molecule has 0 atom stereocenters. The first-order valence-electron chi connectivity index (χ1n) is 7.94. The topological polar surface area (TPSA) is 85.2 Å². The molecule has 0 aliphatic rings. The number of nitrogens with zero attached hydrogens (tertiary/aromatic N) is 4. The van der Waals surface area contributed by atoms with Crippen LogP contribution in [0.2, 0.25) is 5.02 Å². The van der Waals surface area contributed by atoms with E-state index in [0.717, 1.165) is 5.56 Å². The Morgan fingerprint density at radius 1 is 1.22 bits per heavy atom. The number of benzene rings is 1. The molecule has 132 valence electrons. The lowest BCUT2D eigenvalue weighted by Crippen LogP contribution is -2.20. The summed E-state index contributed by atoms with van der Waals surface area (Å²) >= 11 is 6.01. The number of nitrogens with one attached hydrogen (secondary N) is 1. The lowest BCUT2D eigenvalue weighted by atomic mass is 10.0. The molecule has 0 radical (unpaired) electrons. The van der Waals surface area contributed by atoms with Gasteiger partial charge < -0.3 is 4.74 Å². The van der Waals surface area contributed by atoms with E-state index in [1.165, 1.54) is 4.52 Å². The maximum Gasteiger partial charge on any atom is 0.352 e. The molecule has 0 spiro atoms. The van der Waals surface area contributed by atoms with Crippen molar-refractivity contribution in [2.75, 3.05) is 6.61 Å². The second kappa shape index (κ2) is 6.94. The Morgan fingerprint density at radius 3 is 2.74 bits per heavy atom. The molecule has 0 amide bonds. The summed E-state index contributed by atoms with van der Waals surface area (Å²) in [7, 11) is 0. The van der Waals surface area contributed by atoms with Crippen LogP contribution in [0.5, 0.6) is 6.01 Å². The number of hydrogen-bond acceptors (Lipinski definition) is 5. The summed E-state index contributed by atoms with van der Waals surface area (Å²) in [5, 5.41) is 5.02. The van der Waals surface area contributed by atoms with Gasteiger partial charge in [-0.2, -0.15) is 14.6 Å². The van der Waals surface area contributed by atoms with Crippen LogP contribution in [0, 0.1) is 12.3 Å². The molecule has 4 rings (SSSR count). The van der Waals surface area contributed by atoms with E-state index in [0.29, 0.717) is 27.6 Å². The highest BCUT2D eigenvalue weighted by Gasteiger charge is 2.21. The standard InChI is InChI=1S/C19H12ClN5O2/c1-2-11-27-18-22-17-15(12-6-8-13(20)9-7-12)16(14-5-3-4-10-21-14)24-25(17)19(26)23-18/h1,3-10H,11H2,(H,22,23,26). The van der Waals surface area contributed by atoms with Crippen LogP contribution < -0.4 is 10.4 Å². The Morgan fingerprint density at radius 2 is 2.04 bits per heavy atom. The van der Waals surface area contributed by atoms with Crippen LogP contribution >= 0.6 is 11.6 Å². The summed E-state index contributed by atoms with van der Waals surface area (Å²) in [5.41, 5.74) is 2.39. The van der Waals surface area contributed by atoms with Crippen LogP contribution in [0.1, 0.15) is 0 Å². The van der Waals surface area contributed by atoms with Gasteiger partial charge in [-0.15, -0.1) is 6.42 Å². The average Bonchev–Trinajstić information content (AvgIpc) is 3.08. The van der Waals surface area contributed by atoms with E-state index in [2.05, 4.69) is 26.0 Å². The summed E-state index contributed by atoms with van der Waals surface area (Å²) in [6.45, 7) is -0.0172. The van der Waals surface area contributed by atoms with Gasteiger partial charge in [-0.1, -0.05) is 35.7 Å². The molecular weight excluding hydrogens is 366 g/mol. The van der Waals surface area contributed by atoms with Crippen molar-refractivity contribution in [3.8, 4) is 40.9 Å². The number of ether oxygens (including phenoxy) is 1. The summed E-state index contributed by atoms with van der Waals surface area (Å²) < 4.78 is 6.47. The van der Waals surface area contributed by atoms with Gasteiger partial charge in [0.1, 0.15) is 5.69 Å². The molecule has 0 aliphatic carbocycles. The van der Waals surface area contributed by atoms with Crippen molar-refractivity contribution in [1.29, 1.82) is 0 Å². The van der Waals surface area contributed by atoms with Crippen molar-refractivity contribution in [1.82, 2.24) is 24.6 Å². The van der Waals surface area contributed by atoms with Gasteiger partial charge >= 0.3 is 11.7 Å². The molecule has 1 aromatic carbocycles. The van der Waals surface area contributed by atoms with E-state index in [-0.39, 0.29) is 12.6 Å². The maximum absolute atomic E-state index is 12.5. The Hall–Kier alpha value is -3.63. The first kappa shape index (κ1) is 16.8. The zero-order valence-corrected chi connectivity index (χ0v) is 14.6. The third kappa shape index (κ3) is 3.14. The summed E-state index contributed by atoms with van der Waals surface area (Å²) in [5.74, 6) is 2.34. The van der Waals surface area contributed by atoms with Crippen LogP contribution in [0.15, 0.2) is 53.5 Å². The quantitative estimate of drug-likeness (QED) is 0.553. The number of halogens is 1. The van der Waals surface area contributed by atoms with Gasteiger partial charge in [-0.3, -0.25) is 9.97 Å². The van der Waals surface area contributed by atoms with Crippen LogP contribution in [0.4, 0.5) is 0 Å². The molecule has 0 fully saturated rings. The number of fused-ring (bicyclic) bond motifs is 1. The zero-order chi connectivity index (χ0) is 18.8. The lowest BCUT2D eigenvalue weighted by molar-refractivity contribution is 0.337. The highest BCUT2D eigenvalue weighted by atomic mass is 35.5. The Bertz CT molecular complexity index is 1210. The first-order valence-corrected chi connectivity index (χ1v) is 8.32. The Balaban J connectivity index is 2.03. The molecule has 3 heterocycles. The molecule has 0 aliphatic heterocycles. The Labute approximate surface area is 158 Å². The predicted octanol–water partition coefficient (Wildman–Crippen LogP) is 2.81. The molecule has 0 saturated carbocycles. The van der Waals surface area contributed by atoms with E-state index in [9.17, 15) is 4.79 Å². The SMILES string of the molecule is C#CCOc1nc2c(-c3ccc(Cl)cc3)c(-c3ccccn3)nn2c(=O)[nH]1. The maximum atomic E-state index is 12.5. The van der Waals surface area contributed by atoms with E-state index in [4.69, 9.17) is 22.8 Å². The average molecular weight is 378 g/mol. The third-order valence-corrected chi connectivity index (χ3v) is 4.06. The van der Waals surface area contributed by atoms with E-state index >= 15 is 0 Å². The van der Waals surface area contributed by atoms with Crippen LogP contribution in [-0.4, -0.2) is 31.2 Å². The minimum atomic E-state index is -0.496. The molecule has 7 nitrogen and oxygen atoms in total. The smallest absolute Gasteiger partial charge is 0.352 e. The molecule has 0 bridgehead atoms. The minimum Gasteiger partial charge on any atom is -0.451 e. The number of aromatic amines is 1. The van der Waals surface area contributed by atoms with Crippen molar-refractivity contribution >= 4 is 17.2 Å². The molecule has 27 heavy (non-hydrogen) atoms. The molecule has 1 N–H and O–H groups in total. The van der Waals surface area contributed by atoms with Gasteiger partial charge in [-0.05, 0) is 29.8 Å². The highest BCUT2D eigenvalue weighted by molar-refractivity contribution is 6.30. The fourth-order valence-electron chi connectivity index (χ4n) is 2.67. The Kier molecular flexibility index (Phi) is 4.32. The molecule has 4 aromatic rings. The van der Waals surface area contributed by atoms with Crippen LogP contribution in [-0.2, 0) is 0 Å². The van der Waals surface area contributed by atoms with Gasteiger partial charge in [-0.25, -0.2) is 4.79 Å². The molecule has 8 heteroatoms. The number of pyridine rings is 1. The van der Waals surface area contributed by atoms with Gasteiger partial charge in [0.25, 0.3) is 0 Å². The number of hydrogen-bond donors (Lipinski definition) is 1. The largest absolute Gasteiger partial charge is 0.451 e. The van der Waals surface area contributed by atoms with Gasteiger partial charge in [0, 0.05) is 11.2 Å². The van der Waals surface area contributed by atoms with Crippen LogP contribution in [0.25, 0.3) is 28.2 Å². The minimum absolute atomic E-state index is 0.0172. The highest BCUT2D eigenvalue weighted by Crippen LogP contribution is 2.33. The second-order valence-electron chi connectivity index (χ2n) is 5.52. The van der Waals surface area contributed by atoms with Crippen molar-refractivity contribution in [2.45, 2.75) is 0 Å². The van der Waals surface area contributed by atoms with Crippen LogP contribution in [0.3, 0.4) is 0 Å². The zero-order valence-electron chi connectivity index (χ0n) is 13.9. The van der Waals surface area contributed by atoms with Gasteiger partial charge in [0.2, 0.25) is 0 Å². The fourth-order valence-corrected chi connectivity index (χ4v) is 2.79. The van der Waals surface area contributed by atoms with E-state index in [1.807, 2.05) is 24.3 Å². The van der Waals surface area contributed by atoms with Gasteiger partial charge in [0.05, 0.1) is 11.3 Å². The molecule has 0 unspecified atom stereocenters. The molecular formula is C19H12ClN5O2. The van der Waals surface area contributed by atoms with Crippen molar-refractivity contribution in [3.05, 3.63) is 64.2 Å². The molecule has 0 saturated heterocycles. The summed E-state index contributed by atoms with van der Waals surface area (Å²) in [6, 6.07) is 12.7. The van der Waals surface area contributed by atoms with Gasteiger partial charge in [0.15, 0.2) is 12.3 Å².